The standard InChI is InChI=1S/C19H17Cl2F2N3O2/c1-3-11(6-10-4-5-14(22)15(23)7-10)25-19(27)16-8-12(18(21)28-16)17-13(20)9-24-26(17)2/h4-5,7-9,11H,3,6H2,1-2H3,(H,25,27)/t11-/m1/s1. The number of benzene rings is 1. The summed E-state index contributed by atoms with van der Waals surface area (Å²) in [6.07, 6.45) is 2.39. The van der Waals surface area contributed by atoms with Gasteiger partial charge in [0.05, 0.1) is 22.5 Å². The van der Waals surface area contributed by atoms with Gasteiger partial charge in [-0.2, -0.15) is 5.10 Å². The highest BCUT2D eigenvalue weighted by Crippen LogP contribution is 2.35. The predicted molar refractivity (Wildman–Crippen MR) is 103 cm³/mol. The number of nitrogens with one attached hydrogen (secondary N) is 1. The zero-order valence-electron chi connectivity index (χ0n) is 15.1. The fraction of sp³-hybridized carbons (Fsp3) is 0.263. The molecule has 0 aliphatic heterocycles. The molecule has 1 aromatic carbocycles. The molecule has 3 rings (SSSR count). The molecule has 0 saturated carbocycles. The van der Waals surface area contributed by atoms with Crippen LogP contribution in [0.1, 0.15) is 29.5 Å². The fourth-order valence-electron chi connectivity index (χ4n) is 2.86. The first-order chi connectivity index (χ1) is 13.3. The van der Waals surface area contributed by atoms with E-state index in [0.29, 0.717) is 34.7 Å². The van der Waals surface area contributed by atoms with Crippen LogP contribution in [0.5, 0.6) is 0 Å². The van der Waals surface area contributed by atoms with Crippen molar-refractivity contribution in [1.82, 2.24) is 15.1 Å². The molecule has 0 aliphatic carbocycles. The molecule has 28 heavy (non-hydrogen) atoms. The van der Waals surface area contributed by atoms with Crippen molar-refractivity contribution in [2.45, 2.75) is 25.8 Å². The molecule has 3 aromatic rings. The Balaban J connectivity index is 1.76. The van der Waals surface area contributed by atoms with Crippen LogP contribution in [0.4, 0.5) is 8.78 Å². The molecule has 0 spiro atoms. The fourth-order valence-corrected chi connectivity index (χ4v) is 3.36. The molecule has 0 unspecified atom stereocenters. The smallest absolute Gasteiger partial charge is 0.287 e. The summed E-state index contributed by atoms with van der Waals surface area (Å²) in [5.41, 5.74) is 1.56. The molecular formula is C19H17Cl2F2N3O2. The van der Waals surface area contributed by atoms with Crippen molar-refractivity contribution >= 4 is 29.1 Å². The van der Waals surface area contributed by atoms with E-state index in [1.54, 1.807) is 7.05 Å². The van der Waals surface area contributed by atoms with Gasteiger partial charge in [-0.15, -0.1) is 0 Å². The number of halogens is 4. The van der Waals surface area contributed by atoms with E-state index >= 15 is 0 Å². The second kappa shape index (κ2) is 8.32. The van der Waals surface area contributed by atoms with Crippen LogP contribution in [-0.2, 0) is 13.5 Å². The molecule has 148 valence electrons. The van der Waals surface area contributed by atoms with E-state index in [4.69, 9.17) is 27.6 Å². The molecule has 0 bridgehead atoms. The zero-order chi connectivity index (χ0) is 20.4. The summed E-state index contributed by atoms with van der Waals surface area (Å²) in [6.45, 7) is 1.88. The van der Waals surface area contributed by atoms with Crippen LogP contribution < -0.4 is 5.32 Å². The molecule has 1 atom stereocenters. The van der Waals surface area contributed by atoms with Gasteiger partial charge in [0.2, 0.25) is 5.22 Å². The van der Waals surface area contributed by atoms with Gasteiger partial charge in [0.25, 0.3) is 5.91 Å². The Morgan fingerprint density at radius 2 is 2.04 bits per heavy atom. The van der Waals surface area contributed by atoms with Gasteiger partial charge >= 0.3 is 0 Å². The lowest BCUT2D eigenvalue weighted by molar-refractivity contribution is 0.0908. The zero-order valence-corrected chi connectivity index (χ0v) is 16.6. The first-order valence-electron chi connectivity index (χ1n) is 8.52. The number of hydrogen-bond donors (Lipinski definition) is 1. The minimum absolute atomic E-state index is 0.0148. The van der Waals surface area contributed by atoms with Crippen LogP contribution in [0, 0.1) is 11.6 Å². The first kappa shape index (κ1) is 20.4. The van der Waals surface area contributed by atoms with Crippen molar-refractivity contribution in [3.63, 3.8) is 0 Å². The molecule has 0 fully saturated rings. The van der Waals surface area contributed by atoms with Gasteiger partial charge in [-0.05, 0) is 42.1 Å². The van der Waals surface area contributed by atoms with Gasteiger partial charge in [0, 0.05) is 19.2 Å². The van der Waals surface area contributed by atoms with E-state index in [9.17, 15) is 13.6 Å². The Hall–Kier alpha value is -2.38. The topological polar surface area (TPSA) is 60.1 Å². The van der Waals surface area contributed by atoms with Crippen molar-refractivity contribution in [1.29, 1.82) is 0 Å². The van der Waals surface area contributed by atoms with Crippen molar-refractivity contribution in [3.05, 3.63) is 63.7 Å². The minimum atomic E-state index is -0.922. The second-order valence-electron chi connectivity index (χ2n) is 6.29. The number of aryl methyl sites for hydroxylation is 1. The number of furan rings is 1. The van der Waals surface area contributed by atoms with Crippen LogP contribution in [0.2, 0.25) is 10.2 Å². The van der Waals surface area contributed by atoms with Crippen molar-refractivity contribution in [2.24, 2.45) is 7.05 Å². The SMILES string of the molecule is CC[C@H](Cc1ccc(F)c(F)c1)NC(=O)c1cc(-c2c(Cl)cnn2C)c(Cl)o1. The molecule has 2 heterocycles. The third-order valence-corrected chi connectivity index (χ3v) is 4.91. The molecule has 1 amide bonds. The number of nitrogens with zero attached hydrogens (tertiary/aromatic N) is 2. The molecule has 1 N–H and O–H groups in total. The number of hydrogen-bond acceptors (Lipinski definition) is 3. The second-order valence-corrected chi connectivity index (χ2v) is 7.04. The van der Waals surface area contributed by atoms with Gasteiger partial charge < -0.3 is 9.73 Å². The highest BCUT2D eigenvalue weighted by molar-refractivity contribution is 6.35. The lowest BCUT2D eigenvalue weighted by Crippen LogP contribution is -2.35. The van der Waals surface area contributed by atoms with Gasteiger partial charge in [0.1, 0.15) is 0 Å². The first-order valence-corrected chi connectivity index (χ1v) is 9.27. The van der Waals surface area contributed by atoms with Crippen LogP contribution in [-0.4, -0.2) is 21.7 Å². The number of carbonyl (C=O) groups is 1. The monoisotopic (exact) mass is 427 g/mol. The Kier molecular flexibility index (Phi) is 6.05. The van der Waals surface area contributed by atoms with E-state index in [-0.39, 0.29) is 17.0 Å². The maximum absolute atomic E-state index is 13.4. The number of aromatic nitrogens is 2. The highest BCUT2D eigenvalue weighted by atomic mass is 35.5. The largest absolute Gasteiger partial charge is 0.439 e. The number of rotatable bonds is 6. The maximum atomic E-state index is 13.4. The summed E-state index contributed by atoms with van der Waals surface area (Å²) in [4.78, 5) is 12.6. The number of carbonyl (C=O) groups excluding carboxylic acids is 1. The van der Waals surface area contributed by atoms with E-state index in [1.165, 1.54) is 23.0 Å². The van der Waals surface area contributed by atoms with Crippen LogP contribution in [0.3, 0.4) is 0 Å². The summed E-state index contributed by atoms with van der Waals surface area (Å²) in [5.74, 6) is -2.29. The van der Waals surface area contributed by atoms with Gasteiger partial charge in [-0.25, -0.2) is 8.78 Å². The highest BCUT2D eigenvalue weighted by Gasteiger charge is 2.22. The van der Waals surface area contributed by atoms with Crippen molar-refractivity contribution in [2.75, 3.05) is 0 Å². The quantitative estimate of drug-likeness (QED) is 0.600. The van der Waals surface area contributed by atoms with Crippen LogP contribution >= 0.6 is 23.2 Å². The van der Waals surface area contributed by atoms with Crippen LogP contribution in [0.15, 0.2) is 34.9 Å². The maximum Gasteiger partial charge on any atom is 0.287 e. The molecule has 5 nitrogen and oxygen atoms in total. The normalized spacial score (nSPS) is 12.2. The van der Waals surface area contributed by atoms with Gasteiger partial charge in [0.15, 0.2) is 17.4 Å². The average Bonchev–Trinajstić information content (AvgIpc) is 3.19. The summed E-state index contributed by atoms with van der Waals surface area (Å²) in [5, 5.41) is 7.25. The van der Waals surface area contributed by atoms with Gasteiger partial charge in [-0.1, -0.05) is 24.6 Å². The Morgan fingerprint density at radius 3 is 2.64 bits per heavy atom. The van der Waals surface area contributed by atoms with E-state index in [2.05, 4.69) is 10.4 Å². The molecule has 0 radical (unpaired) electrons. The van der Waals surface area contributed by atoms with Gasteiger partial charge in [-0.3, -0.25) is 9.48 Å². The molecule has 0 aliphatic rings. The third kappa shape index (κ3) is 4.20. The van der Waals surface area contributed by atoms with Crippen molar-refractivity contribution in [3.8, 4) is 11.3 Å². The third-order valence-electron chi connectivity index (χ3n) is 4.35. The Labute approximate surface area is 170 Å². The number of amides is 1. The summed E-state index contributed by atoms with van der Waals surface area (Å²) in [7, 11) is 1.69. The van der Waals surface area contributed by atoms with E-state index < -0.39 is 17.5 Å². The Morgan fingerprint density at radius 1 is 1.29 bits per heavy atom. The lowest BCUT2D eigenvalue weighted by Gasteiger charge is -2.16. The molecule has 9 heteroatoms. The van der Waals surface area contributed by atoms with Crippen LogP contribution in [0.25, 0.3) is 11.3 Å². The molecule has 0 saturated heterocycles. The molecular weight excluding hydrogens is 411 g/mol. The average molecular weight is 428 g/mol. The summed E-state index contributed by atoms with van der Waals surface area (Å²) < 4.78 is 33.4. The molecule has 2 aromatic heterocycles. The lowest BCUT2D eigenvalue weighted by atomic mass is 10.0. The summed E-state index contributed by atoms with van der Waals surface area (Å²) >= 11 is 12.3. The van der Waals surface area contributed by atoms with E-state index in [1.807, 2.05) is 6.92 Å². The predicted octanol–water partition coefficient (Wildman–Crippen LogP) is 5.02. The van der Waals surface area contributed by atoms with E-state index in [0.717, 1.165) is 12.1 Å². The minimum Gasteiger partial charge on any atom is -0.439 e. The summed E-state index contributed by atoms with van der Waals surface area (Å²) in [6, 6.07) is 4.86. The Bertz CT molecular complexity index is 997. The van der Waals surface area contributed by atoms with Crippen molar-refractivity contribution < 1.29 is 18.0 Å².